The van der Waals surface area contributed by atoms with Gasteiger partial charge in [-0.2, -0.15) is 0 Å². The van der Waals surface area contributed by atoms with Crippen LogP contribution in [0.15, 0.2) is 48.5 Å². The van der Waals surface area contributed by atoms with E-state index in [4.69, 9.17) is 32.7 Å². The Morgan fingerprint density at radius 2 is 1.84 bits per heavy atom. The third-order valence-corrected chi connectivity index (χ3v) is 3.74. The van der Waals surface area contributed by atoms with E-state index in [1.807, 2.05) is 30.3 Å². The molecule has 0 aliphatic carbocycles. The van der Waals surface area contributed by atoms with Crippen LogP contribution in [0.25, 0.3) is 0 Å². The first kappa shape index (κ1) is 19.1. The minimum atomic E-state index is -0.916. The molecule has 0 fully saturated rings. The van der Waals surface area contributed by atoms with E-state index < -0.39 is 18.0 Å². The summed E-state index contributed by atoms with van der Waals surface area (Å²) in [6, 6.07) is 14.1. The van der Waals surface area contributed by atoms with Crippen LogP contribution >= 0.6 is 23.2 Å². The van der Waals surface area contributed by atoms with Crippen LogP contribution < -0.4 is 10.1 Å². The zero-order valence-corrected chi connectivity index (χ0v) is 15.0. The molecule has 0 radical (unpaired) electrons. The number of carbonyl (C=O) groups is 2. The predicted molar refractivity (Wildman–Crippen MR) is 95.8 cm³/mol. The summed E-state index contributed by atoms with van der Waals surface area (Å²) in [7, 11) is 0. The van der Waals surface area contributed by atoms with Crippen LogP contribution in [0.5, 0.6) is 5.75 Å². The fraction of sp³-hybridized carbons (Fsp3) is 0.222. The molecule has 0 spiro atoms. The van der Waals surface area contributed by atoms with Crippen LogP contribution in [0.2, 0.25) is 10.0 Å². The van der Waals surface area contributed by atoms with Gasteiger partial charge in [-0.05, 0) is 30.7 Å². The summed E-state index contributed by atoms with van der Waals surface area (Å²) in [5.74, 6) is -0.751. The molecule has 0 bridgehead atoms. The molecule has 7 heteroatoms. The molecule has 0 heterocycles. The molecule has 2 aromatic carbocycles. The number of halogens is 2. The van der Waals surface area contributed by atoms with Gasteiger partial charge in [0.15, 0.2) is 12.7 Å². The number of rotatable bonds is 7. The molecule has 25 heavy (non-hydrogen) atoms. The number of benzene rings is 2. The van der Waals surface area contributed by atoms with Gasteiger partial charge in [0.2, 0.25) is 0 Å². The molecule has 0 aliphatic rings. The zero-order chi connectivity index (χ0) is 18.2. The quantitative estimate of drug-likeness (QED) is 0.743. The highest BCUT2D eigenvalue weighted by Gasteiger charge is 2.19. The Labute approximate surface area is 155 Å². The summed E-state index contributed by atoms with van der Waals surface area (Å²) < 4.78 is 10.4. The van der Waals surface area contributed by atoms with Crippen molar-refractivity contribution in [3.63, 3.8) is 0 Å². The van der Waals surface area contributed by atoms with Gasteiger partial charge in [0, 0.05) is 11.6 Å². The first-order chi connectivity index (χ1) is 12.0. The van der Waals surface area contributed by atoms with E-state index in [1.54, 1.807) is 12.1 Å². The molecule has 0 saturated carbocycles. The maximum atomic E-state index is 11.9. The van der Waals surface area contributed by atoms with Crippen LogP contribution in [-0.4, -0.2) is 24.6 Å². The van der Waals surface area contributed by atoms with Gasteiger partial charge in [0.1, 0.15) is 5.75 Å². The van der Waals surface area contributed by atoms with Crippen LogP contribution in [-0.2, 0) is 20.9 Å². The summed E-state index contributed by atoms with van der Waals surface area (Å²) in [5.41, 5.74) is 0.955. The summed E-state index contributed by atoms with van der Waals surface area (Å²) in [6.07, 6.45) is -0.916. The van der Waals surface area contributed by atoms with Crippen LogP contribution in [0.1, 0.15) is 12.5 Å². The molecule has 0 saturated heterocycles. The molecular formula is C18H17Cl2NO4. The van der Waals surface area contributed by atoms with E-state index in [-0.39, 0.29) is 11.6 Å². The van der Waals surface area contributed by atoms with Gasteiger partial charge in [0.25, 0.3) is 5.91 Å². The highest BCUT2D eigenvalue weighted by Crippen LogP contribution is 2.28. The predicted octanol–water partition coefficient (Wildman–Crippen LogP) is 3.62. The zero-order valence-electron chi connectivity index (χ0n) is 13.5. The van der Waals surface area contributed by atoms with E-state index in [9.17, 15) is 9.59 Å². The first-order valence-electron chi connectivity index (χ1n) is 7.54. The molecule has 0 aromatic heterocycles. The molecule has 0 unspecified atom stereocenters. The molecule has 2 rings (SSSR count). The Kier molecular flexibility index (Phi) is 7.10. The fourth-order valence-corrected chi connectivity index (χ4v) is 2.36. The molecular weight excluding hydrogens is 365 g/mol. The van der Waals surface area contributed by atoms with Crippen molar-refractivity contribution in [2.24, 2.45) is 0 Å². The van der Waals surface area contributed by atoms with Crippen molar-refractivity contribution in [3.8, 4) is 5.75 Å². The number of hydrogen-bond acceptors (Lipinski definition) is 4. The first-order valence-corrected chi connectivity index (χ1v) is 8.30. The lowest BCUT2D eigenvalue weighted by atomic mass is 10.2. The maximum absolute atomic E-state index is 11.9. The van der Waals surface area contributed by atoms with Crippen molar-refractivity contribution in [1.82, 2.24) is 5.32 Å². The second kappa shape index (κ2) is 9.30. The Morgan fingerprint density at radius 1 is 1.12 bits per heavy atom. The fourth-order valence-electron chi connectivity index (χ4n) is 1.91. The number of ether oxygens (including phenoxy) is 2. The van der Waals surface area contributed by atoms with Gasteiger partial charge in [-0.25, -0.2) is 4.79 Å². The van der Waals surface area contributed by atoms with Gasteiger partial charge in [0.05, 0.1) is 5.02 Å². The molecule has 1 amide bonds. The summed E-state index contributed by atoms with van der Waals surface area (Å²) in [6.45, 7) is 1.49. The Balaban J connectivity index is 1.76. The van der Waals surface area contributed by atoms with Gasteiger partial charge < -0.3 is 14.8 Å². The lowest BCUT2D eigenvalue weighted by molar-refractivity contribution is -0.154. The highest BCUT2D eigenvalue weighted by molar-refractivity contribution is 6.35. The van der Waals surface area contributed by atoms with Gasteiger partial charge in [-0.1, -0.05) is 53.5 Å². The number of esters is 1. The Bertz CT molecular complexity index is 737. The van der Waals surface area contributed by atoms with Crippen molar-refractivity contribution in [2.75, 3.05) is 6.61 Å². The topological polar surface area (TPSA) is 64.6 Å². The highest BCUT2D eigenvalue weighted by atomic mass is 35.5. The minimum absolute atomic E-state index is 0.285. The Morgan fingerprint density at radius 3 is 2.52 bits per heavy atom. The average Bonchev–Trinajstić information content (AvgIpc) is 2.61. The second-order valence-corrected chi connectivity index (χ2v) is 6.05. The van der Waals surface area contributed by atoms with Crippen LogP contribution in [0.4, 0.5) is 0 Å². The molecule has 1 atom stereocenters. The van der Waals surface area contributed by atoms with Crippen molar-refractivity contribution in [3.05, 3.63) is 64.1 Å². The van der Waals surface area contributed by atoms with E-state index in [0.29, 0.717) is 17.3 Å². The van der Waals surface area contributed by atoms with Crippen molar-refractivity contribution in [1.29, 1.82) is 0 Å². The smallest absolute Gasteiger partial charge is 0.347 e. The monoisotopic (exact) mass is 381 g/mol. The van der Waals surface area contributed by atoms with E-state index in [1.165, 1.54) is 13.0 Å². The second-order valence-electron chi connectivity index (χ2n) is 5.20. The van der Waals surface area contributed by atoms with Crippen molar-refractivity contribution >= 4 is 35.1 Å². The van der Waals surface area contributed by atoms with E-state index in [2.05, 4.69) is 5.32 Å². The van der Waals surface area contributed by atoms with E-state index >= 15 is 0 Å². The lowest BCUT2D eigenvalue weighted by Crippen LogP contribution is -2.32. The van der Waals surface area contributed by atoms with E-state index in [0.717, 1.165) is 5.56 Å². The third kappa shape index (κ3) is 6.29. The summed E-state index contributed by atoms with van der Waals surface area (Å²) >= 11 is 11.8. The number of carbonyl (C=O) groups excluding carboxylic acids is 2. The lowest BCUT2D eigenvalue weighted by Gasteiger charge is -2.15. The largest absolute Gasteiger partial charge is 0.477 e. The molecule has 0 aliphatic heterocycles. The molecule has 1 N–H and O–H groups in total. The number of amides is 1. The molecule has 5 nitrogen and oxygen atoms in total. The van der Waals surface area contributed by atoms with Crippen LogP contribution in [0.3, 0.4) is 0 Å². The normalized spacial score (nSPS) is 11.5. The van der Waals surface area contributed by atoms with Gasteiger partial charge >= 0.3 is 5.97 Å². The average molecular weight is 382 g/mol. The maximum Gasteiger partial charge on any atom is 0.347 e. The van der Waals surface area contributed by atoms with Crippen molar-refractivity contribution < 1.29 is 19.1 Å². The standard InChI is InChI=1S/C18H17Cl2NO4/c1-12(25-16-8-7-14(19)9-15(16)20)18(23)24-11-17(22)21-10-13-5-3-2-4-6-13/h2-9,12H,10-11H2,1H3,(H,21,22)/t12-/m1/s1. The third-order valence-electron chi connectivity index (χ3n) is 3.21. The SMILES string of the molecule is C[C@@H](Oc1ccc(Cl)cc1Cl)C(=O)OCC(=O)NCc1ccccc1. The van der Waals surface area contributed by atoms with Gasteiger partial charge in [-0.15, -0.1) is 0 Å². The minimum Gasteiger partial charge on any atom is -0.477 e. The summed E-state index contributed by atoms with van der Waals surface area (Å²) in [5, 5.41) is 3.41. The molecule has 2 aromatic rings. The number of nitrogens with one attached hydrogen (secondary N) is 1. The Hall–Kier alpha value is -2.24. The summed E-state index contributed by atoms with van der Waals surface area (Å²) in [4.78, 5) is 23.6. The molecule has 132 valence electrons. The van der Waals surface area contributed by atoms with Crippen LogP contribution in [0, 0.1) is 0 Å². The van der Waals surface area contributed by atoms with Crippen molar-refractivity contribution in [2.45, 2.75) is 19.6 Å². The number of hydrogen-bond donors (Lipinski definition) is 1. The van der Waals surface area contributed by atoms with Gasteiger partial charge in [-0.3, -0.25) is 4.79 Å².